The Labute approximate surface area is 155 Å². The molecule has 1 N–H and O–H groups in total. The van der Waals surface area contributed by atoms with Crippen molar-refractivity contribution in [3.05, 3.63) is 82.5 Å². The lowest BCUT2D eigenvalue weighted by Gasteiger charge is -2.17. The fourth-order valence-corrected chi connectivity index (χ4v) is 3.01. The Morgan fingerprint density at radius 3 is 2.48 bits per heavy atom. The molecule has 3 aromatic rings. The van der Waals surface area contributed by atoms with Crippen molar-refractivity contribution in [2.45, 2.75) is 6.92 Å². The van der Waals surface area contributed by atoms with Gasteiger partial charge in [-0.2, -0.15) is 0 Å². The van der Waals surface area contributed by atoms with Crippen LogP contribution in [-0.4, -0.2) is 17.9 Å². The van der Waals surface area contributed by atoms with Crippen LogP contribution in [0, 0.1) is 6.92 Å². The number of pyridine rings is 1. The number of rotatable bonds is 4. The van der Waals surface area contributed by atoms with Crippen LogP contribution in [0.25, 0.3) is 0 Å². The fraction of sp³-hybridized carbons (Fsp3) is 0.100. The molecule has 2 aromatic carbocycles. The number of nitrogens with zero attached hydrogens (tertiary/aromatic N) is 2. The summed E-state index contributed by atoms with van der Waals surface area (Å²) < 4.78 is 0.971. The van der Waals surface area contributed by atoms with Crippen LogP contribution >= 0.6 is 15.9 Å². The minimum absolute atomic E-state index is 0.0956. The number of para-hydroxylation sites is 1. The van der Waals surface area contributed by atoms with Crippen molar-refractivity contribution in [2.75, 3.05) is 17.3 Å². The molecule has 0 spiro atoms. The van der Waals surface area contributed by atoms with Crippen LogP contribution < -0.4 is 10.2 Å². The smallest absolute Gasteiger partial charge is 0.259 e. The molecule has 126 valence electrons. The number of hydrogen-bond acceptors (Lipinski definition) is 3. The molecule has 0 unspecified atom stereocenters. The van der Waals surface area contributed by atoms with E-state index >= 15 is 0 Å². The normalized spacial score (nSPS) is 10.4. The quantitative estimate of drug-likeness (QED) is 0.662. The Morgan fingerprint density at radius 1 is 1.08 bits per heavy atom. The number of aromatic nitrogens is 1. The second kappa shape index (κ2) is 7.49. The number of anilines is 3. The maximum absolute atomic E-state index is 12.6. The van der Waals surface area contributed by atoms with Crippen LogP contribution in [0.5, 0.6) is 0 Å². The van der Waals surface area contributed by atoms with E-state index in [1.807, 2.05) is 55.5 Å². The third-order valence-corrected chi connectivity index (χ3v) is 4.50. The van der Waals surface area contributed by atoms with Gasteiger partial charge in [-0.25, -0.2) is 4.98 Å². The average molecular weight is 396 g/mol. The van der Waals surface area contributed by atoms with Gasteiger partial charge in [-0.05, 0) is 64.8 Å². The second-order valence-corrected chi connectivity index (χ2v) is 6.59. The number of nitrogens with one attached hydrogen (secondary N) is 1. The van der Waals surface area contributed by atoms with Crippen LogP contribution in [0.3, 0.4) is 0 Å². The highest BCUT2D eigenvalue weighted by Crippen LogP contribution is 2.26. The summed E-state index contributed by atoms with van der Waals surface area (Å²) in [5.41, 5.74) is 3.49. The van der Waals surface area contributed by atoms with Crippen molar-refractivity contribution in [1.29, 1.82) is 0 Å². The summed E-state index contributed by atoms with van der Waals surface area (Å²) in [6.45, 7) is 2.04. The van der Waals surface area contributed by atoms with Gasteiger partial charge < -0.3 is 10.2 Å². The van der Waals surface area contributed by atoms with Gasteiger partial charge in [0.05, 0.1) is 11.3 Å². The van der Waals surface area contributed by atoms with E-state index in [2.05, 4.69) is 26.2 Å². The largest absolute Gasteiger partial charge is 0.339 e. The lowest BCUT2D eigenvalue weighted by Crippen LogP contribution is -2.26. The molecule has 0 atom stereocenters. The number of amides is 1. The summed E-state index contributed by atoms with van der Waals surface area (Å²) >= 11 is 3.54. The molecule has 0 saturated carbocycles. The van der Waals surface area contributed by atoms with Crippen molar-refractivity contribution >= 4 is 39.0 Å². The zero-order valence-corrected chi connectivity index (χ0v) is 15.6. The van der Waals surface area contributed by atoms with Gasteiger partial charge in [0.2, 0.25) is 0 Å². The van der Waals surface area contributed by atoms with Gasteiger partial charge in [-0.3, -0.25) is 4.79 Å². The minimum atomic E-state index is -0.0956. The second-order valence-electron chi connectivity index (χ2n) is 5.74. The number of aryl methyl sites for hydroxylation is 1. The van der Waals surface area contributed by atoms with E-state index in [0.29, 0.717) is 11.4 Å². The zero-order valence-electron chi connectivity index (χ0n) is 14.0. The molecular weight excluding hydrogens is 378 g/mol. The molecule has 0 radical (unpaired) electrons. The van der Waals surface area contributed by atoms with Gasteiger partial charge in [0.25, 0.3) is 5.91 Å². The fourth-order valence-electron chi connectivity index (χ4n) is 2.42. The van der Waals surface area contributed by atoms with Crippen molar-refractivity contribution in [3.63, 3.8) is 0 Å². The molecule has 0 aliphatic rings. The number of benzene rings is 2. The highest BCUT2D eigenvalue weighted by atomic mass is 79.9. The summed E-state index contributed by atoms with van der Waals surface area (Å²) in [5.74, 6) is 0.588. The first-order chi connectivity index (χ1) is 12.0. The standard InChI is InChI=1S/C20H18BrN3O/c1-14-8-10-18(17(21)12-14)23-19-11-9-15(13-22-19)20(25)24(2)16-6-4-3-5-7-16/h3-13H,1-2H3,(H,22,23). The predicted molar refractivity (Wildman–Crippen MR) is 106 cm³/mol. The molecule has 0 saturated heterocycles. The lowest BCUT2D eigenvalue weighted by atomic mass is 10.2. The molecule has 25 heavy (non-hydrogen) atoms. The molecule has 1 heterocycles. The number of hydrogen-bond donors (Lipinski definition) is 1. The van der Waals surface area contributed by atoms with E-state index in [1.165, 1.54) is 5.56 Å². The molecule has 0 aliphatic carbocycles. The van der Waals surface area contributed by atoms with Crippen molar-refractivity contribution in [2.24, 2.45) is 0 Å². The highest BCUT2D eigenvalue weighted by molar-refractivity contribution is 9.10. The van der Waals surface area contributed by atoms with Crippen molar-refractivity contribution in [1.82, 2.24) is 4.98 Å². The Kier molecular flexibility index (Phi) is 5.14. The highest BCUT2D eigenvalue weighted by Gasteiger charge is 2.13. The third kappa shape index (κ3) is 4.06. The third-order valence-electron chi connectivity index (χ3n) is 3.85. The van der Waals surface area contributed by atoms with Gasteiger partial charge in [-0.1, -0.05) is 24.3 Å². The Balaban J connectivity index is 1.74. The van der Waals surface area contributed by atoms with Gasteiger partial charge in [0.1, 0.15) is 5.82 Å². The van der Waals surface area contributed by atoms with E-state index < -0.39 is 0 Å². The van der Waals surface area contributed by atoms with Gasteiger partial charge in [0, 0.05) is 23.4 Å². The van der Waals surface area contributed by atoms with Crippen LogP contribution in [0.1, 0.15) is 15.9 Å². The van der Waals surface area contributed by atoms with Crippen LogP contribution in [0.2, 0.25) is 0 Å². The molecule has 0 bridgehead atoms. The topological polar surface area (TPSA) is 45.2 Å². The first kappa shape index (κ1) is 17.2. The van der Waals surface area contributed by atoms with Crippen molar-refractivity contribution < 1.29 is 4.79 Å². The SMILES string of the molecule is Cc1ccc(Nc2ccc(C(=O)N(C)c3ccccc3)cn2)c(Br)c1. The first-order valence-corrected chi connectivity index (χ1v) is 8.66. The van der Waals surface area contributed by atoms with E-state index in [-0.39, 0.29) is 5.91 Å². The Hall–Kier alpha value is -2.66. The summed E-state index contributed by atoms with van der Waals surface area (Å²) in [6, 6.07) is 19.2. The lowest BCUT2D eigenvalue weighted by molar-refractivity contribution is 0.0992. The van der Waals surface area contributed by atoms with E-state index in [4.69, 9.17) is 0 Å². The van der Waals surface area contributed by atoms with E-state index in [0.717, 1.165) is 15.8 Å². The average Bonchev–Trinajstić information content (AvgIpc) is 2.64. The van der Waals surface area contributed by atoms with Crippen LogP contribution in [0.15, 0.2) is 71.3 Å². The predicted octanol–water partition coefficient (Wildman–Crippen LogP) is 5.17. The maximum Gasteiger partial charge on any atom is 0.259 e. The zero-order chi connectivity index (χ0) is 17.8. The monoisotopic (exact) mass is 395 g/mol. The summed E-state index contributed by atoms with van der Waals surface area (Å²) in [5, 5.41) is 3.24. The molecule has 0 aliphatic heterocycles. The molecular formula is C20H18BrN3O. The molecule has 5 heteroatoms. The molecule has 4 nitrogen and oxygen atoms in total. The van der Waals surface area contributed by atoms with Crippen LogP contribution in [-0.2, 0) is 0 Å². The van der Waals surface area contributed by atoms with Crippen molar-refractivity contribution in [3.8, 4) is 0 Å². The molecule has 1 aromatic heterocycles. The molecule has 0 fully saturated rings. The van der Waals surface area contributed by atoms with Crippen LogP contribution in [0.4, 0.5) is 17.2 Å². The molecule has 3 rings (SSSR count). The maximum atomic E-state index is 12.6. The molecule has 1 amide bonds. The van der Waals surface area contributed by atoms with Gasteiger partial charge in [-0.15, -0.1) is 0 Å². The van der Waals surface area contributed by atoms with E-state index in [1.54, 1.807) is 30.3 Å². The summed E-state index contributed by atoms with van der Waals surface area (Å²) in [4.78, 5) is 18.5. The first-order valence-electron chi connectivity index (χ1n) is 7.87. The summed E-state index contributed by atoms with van der Waals surface area (Å²) in [7, 11) is 1.76. The van der Waals surface area contributed by atoms with E-state index in [9.17, 15) is 4.79 Å². The van der Waals surface area contributed by atoms with Gasteiger partial charge in [0.15, 0.2) is 0 Å². The van der Waals surface area contributed by atoms with Gasteiger partial charge >= 0.3 is 0 Å². The minimum Gasteiger partial charge on any atom is -0.339 e. The Morgan fingerprint density at radius 2 is 1.84 bits per heavy atom. The number of carbonyl (C=O) groups excluding carboxylic acids is 1. The number of carbonyl (C=O) groups is 1. The Bertz CT molecular complexity index is 879. The summed E-state index contributed by atoms with van der Waals surface area (Å²) in [6.07, 6.45) is 1.59. The number of halogens is 1.